The van der Waals surface area contributed by atoms with E-state index in [4.69, 9.17) is 22.1 Å². The van der Waals surface area contributed by atoms with Crippen molar-refractivity contribution in [1.29, 1.82) is 0 Å². The third-order valence-electron chi connectivity index (χ3n) is 3.24. The zero-order chi connectivity index (χ0) is 16.6. The lowest BCUT2D eigenvalue weighted by atomic mass is 10.1. The molecule has 2 N–H and O–H groups in total. The van der Waals surface area contributed by atoms with Crippen molar-refractivity contribution >= 4 is 56.6 Å². The third kappa shape index (κ3) is 2.87. The van der Waals surface area contributed by atoms with E-state index in [2.05, 4.69) is 9.97 Å². The molecule has 0 aliphatic rings. The van der Waals surface area contributed by atoms with Crippen molar-refractivity contribution in [3.8, 4) is 11.3 Å². The van der Waals surface area contributed by atoms with Crippen LogP contribution in [0, 0.1) is 0 Å². The summed E-state index contributed by atoms with van der Waals surface area (Å²) in [7, 11) is 1.32. The summed E-state index contributed by atoms with van der Waals surface area (Å²) in [5.74, 6) is -0.474. The first-order valence-electron chi connectivity index (χ1n) is 6.53. The predicted molar refractivity (Wildman–Crippen MR) is 95.4 cm³/mol. The quantitative estimate of drug-likeness (QED) is 0.427. The number of esters is 1. The summed E-state index contributed by atoms with van der Waals surface area (Å²) in [4.78, 5) is 21.9. The van der Waals surface area contributed by atoms with Crippen LogP contribution in [0.5, 0.6) is 0 Å². The first-order chi connectivity index (χ1) is 11.0. The number of nitrogen functional groups attached to an aromatic ring is 1. The molecule has 2 aromatic heterocycles. The highest BCUT2D eigenvalue weighted by atomic mass is 35.5. The fourth-order valence-corrected chi connectivity index (χ4v) is 3.72. The van der Waals surface area contributed by atoms with Gasteiger partial charge in [0, 0.05) is 10.6 Å². The second kappa shape index (κ2) is 6.35. The van der Waals surface area contributed by atoms with Gasteiger partial charge < -0.3 is 10.5 Å². The van der Waals surface area contributed by atoms with E-state index in [1.165, 1.54) is 30.2 Å². The third-order valence-corrected chi connectivity index (χ3v) is 5.12. The SMILES string of the molecule is COC(=O)c1sc2nc(SC)nc(-c3ccc(Cl)cc3)c2c1N. The normalized spacial score (nSPS) is 10.9. The van der Waals surface area contributed by atoms with Crippen molar-refractivity contribution in [2.75, 3.05) is 19.1 Å². The number of thioether (sulfide) groups is 1. The van der Waals surface area contributed by atoms with E-state index in [0.717, 1.165) is 5.56 Å². The van der Waals surface area contributed by atoms with Gasteiger partial charge in [-0.1, -0.05) is 35.5 Å². The molecule has 3 rings (SSSR count). The lowest BCUT2D eigenvalue weighted by molar-refractivity contribution is 0.0607. The van der Waals surface area contributed by atoms with E-state index in [9.17, 15) is 4.79 Å². The molecule has 0 radical (unpaired) electrons. The Morgan fingerprint density at radius 3 is 2.61 bits per heavy atom. The summed E-state index contributed by atoms with van der Waals surface area (Å²) in [6.07, 6.45) is 1.89. The maximum Gasteiger partial charge on any atom is 0.350 e. The highest BCUT2D eigenvalue weighted by Gasteiger charge is 2.22. The van der Waals surface area contributed by atoms with Gasteiger partial charge in [-0.15, -0.1) is 11.3 Å². The average molecular weight is 366 g/mol. The van der Waals surface area contributed by atoms with E-state index in [1.807, 2.05) is 18.4 Å². The van der Waals surface area contributed by atoms with Gasteiger partial charge in [-0.25, -0.2) is 14.8 Å². The van der Waals surface area contributed by atoms with Crippen LogP contribution < -0.4 is 5.73 Å². The van der Waals surface area contributed by atoms with Gasteiger partial charge in [0.15, 0.2) is 5.16 Å². The molecule has 3 aromatic rings. The number of carbonyl (C=O) groups is 1. The lowest BCUT2D eigenvalue weighted by Gasteiger charge is -2.06. The molecule has 0 aliphatic heterocycles. The molecule has 0 saturated heterocycles. The molecule has 0 unspecified atom stereocenters. The summed E-state index contributed by atoms with van der Waals surface area (Å²) >= 11 is 8.59. The number of aromatic nitrogens is 2. The van der Waals surface area contributed by atoms with Crippen molar-refractivity contribution < 1.29 is 9.53 Å². The Labute approximate surface area is 145 Å². The second-order valence-corrected chi connectivity index (χ2v) is 6.79. The Hall–Kier alpha value is -1.83. The number of anilines is 1. The van der Waals surface area contributed by atoms with Gasteiger partial charge in [0.2, 0.25) is 0 Å². The summed E-state index contributed by atoms with van der Waals surface area (Å²) in [5, 5.41) is 1.91. The smallest absolute Gasteiger partial charge is 0.350 e. The number of fused-ring (bicyclic) bond motifs is 1. The van der Waals surface area contributed by atoms with Crippen molar-refractivity contribution in [3.05, 3.63) is 34.2 Å². The van der Waals surface area contributed by atoms with Gasteiger partial charge >= 0.3 is 5.97 Å². The molecule has 0 spiro atoms. The molecule has 8 heteroatoms. The standard InChI is InChI=1S/C15H12ClN3O2S2/c1-21-14(20)12-10(17)9-11(7-3-5-8(16)6-4-7)18-15(22-2)19-13(9)23-12/h3-6H,17H2,1-2H3. The number of thiophene rings is 1. The van der Waals surface area contributed by atoms with Gasteiger partial charge in [-0.3, -0.25) is 0 Å². The van der Waals surface area contributed by atoms with Gasteiger partial charge in [0.1, 0.15) is 9.71 Å². The number of halogens is 1. The van der Waals surface area contributed by atoms with E-state index >= 15 is 0 Å². The highest BCUT2D eigenvalue weighted by molar-refractivity contribution is 7.98. The molecule has 0 aliphatic carbocycles. The van der Waals surface area contributed by atoms with Crippen LogP contribution in [0.4, 0.5) is 5.69 Å². The highest BCUT2D eigenvalue weighted by Crippen LogP contribution is 2.39. The van der Waals surface area contributed by atoms with Crippen LogP contribution in [-0.4, -0.2) is 29.3 Å². The van der Waals surface area contributed by atoms with Crippen LogP contribution in [0.15, 0.2) is 29.4 Å². The number of nitrogens with zero attached hydrogens (tertiary/aromatic N) is 2. The number of methoxy groups -OCH3 is 1. The predicted octanol–water partition coefficient (Wildman–Crippen LogP) is 4.10. The molecule has 5 nitrogen and oxygen atoms in total. The topological polar surface area (TPSA) is 78.1 Å². The fourth-order valence-electron chi connectivity index (χ4n) is 2.15. The average Bonchev–Trinajstić information content (AvgIpc) is 2.91. The molecule has 0 saturated carbocycles. The zero-order valence-corrected chi connectivity index (χ0v) is 14.7. The minimum Gasteiger partial charge on any atom is -0.465 e. The van der Waals surface area contributed by atoms with Gasteiger partial charge in [-0.05, 0) is 18.4 Å². The number of ether oxygens (including phenoxy) is 1. The first-order valence-corrected chi connectivity index (χ1v) is 8.95. The van der Waals surface area contributed by atoms with Crippen LogP contribution >= 0.6 is 34.7 Å². The molecule has 0 bridgehead atoms. The van der Waals surface area contributed by atoms with Crippen LogP contribution in [0.25, 0.3) is 21.5 Å². The number of hydrogen-bond acceptors (Lipinski definition) is 7. The molecule has 23 heavy (non-hydrogen) atoms. The minimum absolute atomic E-state index is 0.338. The Kier molecular flexibility index (Phi) is 4.43. The lowest BCUT2D eigenvalue weighted by Crippen LogP contribution is -2.02. The Morgan fingerprint density at radius 1 is 1.30 bits per heavy atom. The van der Waals surface area contributed by atoms with E-state index in [0.29, 0.717) is 36.7 Å². The van der Waals surface area contributed by atoms with E-state index in [1.54, 1.807) is 12.1 Å². The van der Waals surface area contributed by atoms with E-state index < -0.39 is 5.97 Å². The number of hydrogen-bond donors (Lipinski definition) is 1. The van der Waals surface area contributed by atoms with Crippen molar-refractivity contribution in [3.63, 3.8) is 0 Å². The fraction of sp³-hybridized carbons (Fsp3) is 0.133. The second-order valence-electron chi connectivity index (χ2n) is 4.58. The summed E-state index contributed by atoms with van der Waals surface area (Å²) < 4.78 is 4.79. The number of benzene rings is 1. The Balaban J connectivity index is 2.32. The Morgan fingerprint density at radius 2 is 2.00 bits per heavy atom. The molecular weight excluding hydrogens is 354 g/mol. The van der Waals surface area contributed by atoms with Gasteiger partial charge in [-0.2, -0.15) is 0 Å². The first kappa shape index (κ1) is 16.0. The monoisotopic (exact) mass is 365 g/mol. The minimum atomic E-state index is -0.474. The Bertz CT molecular complexity index is 894. The van der Waals surface area contributed by atoms with Gasteiger partial charge in [0.05, 0.1) is 23.9 Å². The van der Waals surface area contributed by atoms with E-state index in [-0.39, 0.29) is 0 Å². The maximum atomic E-state index is 11.9. The molecule has 118 valence electrons. The van der Waals surface area contributed by atoms with Gasteiger partial charge in [0.25, 0.3) is 0 Å². The van der Waals surface area contributed by atoms with Crippen molar-refractivity contribution in [1.82, 2.24) is 9.97 Å². The summed E-state index contributed by atoms with van der Waals surface area (Å²) in [5.41, 5.74) is 8.05. The number of nitrogens with two attached hydrogens (primary N) is 1. The molecule has 0 fully saturated rings. The van der Waals surface area contributed by atoms with Crippen molar-refractivity contribution in [2.24, 2.45) is 0 Å². The molecule has 0 atom stereocenters. The molecule has 1 aromatic carbocycles. The number of rotatable bonds is 3. The summed E-state index contributed by atoms with van der Waals surface area (Å²) in [6, 6.07) is 7.30. The molecular formula is C15H12ClN3O2S2. The van der Waals surface area contributed by atoms with Crippen LogP contribution in [0.1, 0.15) is 9.67 Å². The molecule has 2 heterocycles. The van der Waals surface area contributed by atoms with Crippen LogP contribution in [-0.2, 0) is 4.74 Å². The van der Waals surface area contributed by atoms with Crippen LogP contribution in [0.3, 0.4) is 0 Å². The van der Waals surface area contributed by atoms with Crippen LogP contribution in [0.2, 0.25) is 5.02 Å². The summed E-state index contributed by atoms with van der Waals surface area (Å²) in [6.45, 7) is 0. The zero-order valence-electron chi connectivity index (χ0n) is 12.3. The number of carbonyl (C=O) groups excluding carboxylic acids is 1. The largest absolute Gasteiger partial charge is 0.465 e. The van der Waals surface area contributed by atoms with Crippen molar-refractivity contribution in [2.45, 2.75) is 5.16 Å². The molecule has 0 amide bonds. The maximum absolute atomic E-state index is 11.9.